The van der Waals surface area contributed by atoms with Gasteiger partial charge in [0, 0.05) is 33.5 Å². The number of nitrogens with zero attached hydrogens (tertiary/aromatic N) is 3. The number of anilines is 1. The molecule has 0 unspecified atom stereocenters. The molecule has 1 heterocycles. The second-order valence-electron chi connectivity index (χ2n) is 15.4. The van der Waals surface area contributed by atoms with Gasteiger partial charge in [-0.3, -0.25) is 28.8 Å². The molecule has 1 saturated heterocycles. The Morgan fingerprint density at radius 2 is 1.55 bits per heavy atom. The van der Waals surface area contributed by atoms with E-state index in [0.717, 1.165) is 0 Å². The molecule has 4 N–H and O–H groups in total. The van der Waals surface area contributed by atoms with Crippen LogP contribution in [0, 0.1) is 23.7 Å². The molecule has 1 aliphatic heterocycles. The summed E-state index contributed by atoms with van der Waals surface area (Å²) in [7, 11) is 4.32. The van der Waals surface area contributed by atoms with E-state index >= 15 is 0 Å². The number of benzene rings is 1. The molecule has 0 aromatic heterocycles. The van der Waals surface area contributed by atoms with Gasteiger partial charge in [0.05, 0.1) is 48.4 Å². The summed E-state index contributed by atoms with van der Waals surface area (Å²) in [5.41, 5.74) is 6.68. The van der Waals surface area contributed by atoms with E-state index in [1.54, 1.807) is 48.0 Å². The Morgan fingerprint density at radius 1 is 0.943 bits per heavy atom. The van der Waals surface area contributed by atoms with Crippen molar-refractivity contribution < 1.29 is 37.1 Å². The standard InChI is InChI=1S/C38H66N6O8S/c1-13-25(6)34(43(10)38(48)32(23(2)3)40-37(47)33(24(4)5)42(8)9)30(51-11)21-31(45)44-20-14-15-29(44)35(52-12)26(7)36(46)41-53(49,50)22-27-16-18-28(39)19-17-27/h16-19,23-26,29-30,32-35H,13-15,20-22,39H2,1-12H3,(H,40,47)(H,41,46)/t25-,26+,29-,30-,32-,33-,34-,35+/m0/s1. The number of nitrogens with one attached hydrogen (secondary N) is 2. The summed E-state index contributed by atoms with van der Waals surface area (Å²) in [4.78, 5) is 60.1. The minimum absolute atomic E-state index is 0.0280. The highest BCUT2D eigenvalue weighted by Gasteiger charge is 2.43. The maximum Gasteiger partial charge on any atom is 0.245 e. The van der Waals surface area contributed by atoms with Gasteiger partial charge in [-0.1, -0.05) is 67.0 Å². The summed E-state index contributed by atoms with van der Waals surface area (Å²) in [6.45, 7) is 13.8. The molecule has 0 spiro atoms. The van der Waals surface area contributed by atoms with Crippen LogP contribution in [0.2, 0.25) is 0 Å². The first-order chi connectivity index (χ1) is 24.7. The lowest BCUT2D eigenvalue weighted by molar-refractivity contribution is -0.148. The third kappa shape index (κ3) is 12.4. The van der Waals surface area contributed by atoms with Gasteiger partial charge < -0.3 is 30.3 Å². The van der Waals surface area contributed by atoms with Crippen LogP contribution in [0.1, 0.15) is 79.7 Å². The largest absolute Gasteiger partial charge is 0.399 e. The van der Waals surface area contributed by atoms with Crippen molar-refractivity contribution in [1.29, 1.82) is 0 Å². The highest BCUT2D eigenvalue weighted by Crippen LogP contribution is 2.30. The van der Waals surface area contributed by atoms with E-state index in [0.29, 0.717) is 37.1 Å². The van der Waals surface area contributed by atoms with Gasteiger partial charge in [0.1, 0.15) is 6.04 Å². The van der Waals surface area contributed by atoms with Crippen molar-refractivity contribution in [2.24, 2.45) is 23.7 Å². The molecular formula is C38H66N6O8S. The normalized spacial score (nSPS) is 19.0. The predicted octanol–water partition coefficient (Wildman–Crippen LogP) is 2.86. The lowest BCUT2D eigenvalue weighted by Crippen LogP contribution is -2.59. The summed E-state index contributed by atoms with van der Waals surface area (Å²) in [6, 6.07) is 4.17. The van der Waals surface area contributed by atoms with Crippen molar-refractivity contribution in [3.8, 4) is 0 Å². The van der Waals surface area contributed by atoms with Gasteiger partial charge in [0.2, 0.25) is 33.7 Å². The summed E-state index contributed by atoms with van der Waals surface area (Å²) in [5, 5.41) is 3.01. The Hall–Kier alpha value is -3.27. The summed E-state index contributed by atoms with van der Waals surface area (Å²) in [6.07, 6.45) is 0.437. The van der Waals surface area contributed by atoms with Crippen molar-refractivity contribution in [2.75, 3.05) is 47.6 Å². The molecule has 1 aliphatic rings. The van der Waals surface area contributed by atoms with Crippen LogP contribution >= 0.6 is 0 Å². The zero-order valence-corrected chi connectivity index (χ0v) is 34.7. The molecule has 15 heteroatoms. The summed E-state index contributed by atoms with van der Waals surface area (Å²) < 4.78 is 39.7. The first-order valence-corrected chi connectivity index (χ1v) is 20.3. The van der Waals surface area contributed by atoms with Crippen LogP contribution in [0.25, 0.3) is 0 Å². The van der Waals surface area contributed by atoms with E-state index in [4.69, 9.17) is 15.2 Å². The maximum atomic E-state index is 14.2. The average Bonchev–Trinajstić information content (AvgIpc) is 3.56. The fourth-order valence-electron chi connectivity index (χ4n) is 7.53. The molecule has 0 aliphatic carbocycles. The molecule has 53 heavy (non-hydrogen) atoms. The third-order valence-corrected chi connectivity index (χ3v) is 11.8. The molecule has 8 atom stereocenters. The Balaban J connectivity index is 2.26. The number of hydrogen-bond acceptors (Lipinski definition) is 10. The molecule has 4 amide bonds. The van der Waals surface area contributed by atoms with Gasteiger partial charge in [0.15, 0.2) is 0 Å². The van der Waals surface area contributed by atoms with Gasteiger partial charge in [-0.15, -0.1) is 0 Å². The van der Waals surface area contributed by atoms with Crippen molar-refractivity contribution in [1.82, 2.24) is 24.7 Å². The molecule has 14 nitrogen and oxygen atoms in total. The number of likely N-dealkylation sites (N-methyl/N-ethyl adjacent to an activating group) is 2. The topological polar surface area (TPSA) is 181 Å². The van der Waals surface area contributed by atoms with Crippen LogP contribution in [0.15, 0.2) is 24.3 Å². The molecule has 1 aromatic rings. The van der Waals surface area contributed by atoms with E-state index in [1.165, 1.54) is 14.2 Å². The van der Waals surface area contributed by atoms with Gasteiger partial charge in [-0.25, -0.2) is 8.42 Å². The average molecular weight is 767 g/mol. The third-order valence-electron chi connectivity index (χ3n) is 10.5. The highest BCUT2D eigenvalue weighted by molar-refractivity contribution is 7.89. The molecule has 302 valence electrons. The molecular weight excluding hydrogens is 701 g/mol. The van der Waals surface area contributed by atoms with Gasteiger partial charge >= 0.3 is 0 Å². The van der Waals surface area contributed by atoms with Crippen LogP contribution in [-0.4, -0.2) is 125 Å². The highest BCUT2D eigenvalue weighted by atomic mass is 32.2. The van der Waals surface area contributed by atoms with Crippen LogP contribution < -0.4 is 15.8 Å². The number of sulfonamides is 1. The minimum Gasteiger partial charge on any atom is -0.399 e. The molecule has 0 saturated carbocycles. The predicted molar refractivity (Wildman–Crippen MR) is 207 cm³/mol. The number of amides is 4. The summed E-state index contributed by atoms with van der Waals surface area (Å²) >= 11 is 0. The van der Waals surface area contributed by atoms with E-state index in [1.807, 2.05) is 60.5 Å². The number of nitrogen functional groups attached to an aromatic ring is 1. The second-order valence-corrected chi connectivity index (χ2v) is 17.2. The van der Waals surface area contributed by atoms with Crippen LogP contribution in [-0.2, 0) is 44.4 Å². The molecule has 1 aromatic carbocycles. The number of rotatable bonds is 20. The van der Waals surface area contributed by atoms with Crippen molar-refractivity contribution in [3.05, 3.63) is 29.8 Å². The van der Waals surface area contributed by atoms with E-state index in [2.05, 4.69) is 10.0 Å². The van der Waals surface area contributed by atoms with E-state index < -0.39 is 64.0 Å². The van der Waals surface area contributed by atoms with Crippen LogP contribution in [0.5, 0.6) is 0 Å². The van der Waals surface area contributed by atoms with Gasteiger partial charge in [-0.2, -0.15) is 0 Å². The number of likely N-dealkylation sites (tertiary alicyclic amines) is 1. The number of carbonyl (C=O) groups is 4. The second kappa shape index (κ2) is 20.4. The first-order valence-electron chi connectivity index (χ1n) is 18.7. The number of ether oxygens (including phenoxy) is 2. The zero-order chi connectivity index (χ0) is 40.4. The number of methoxy groups -OCH3 is 2. The molecule has 0 radical (unpaired) electrons. The number of hydrogen-bond donors (Lipinski definition) is 3. The minimum atomic E-state index is -4.02. The van der Waals surface area contributed by atoms with Gasteiger partial charge in [0.25, 0.3) is 0 Å². The smallest absolute Gasteiger partial charge is 0.245 e. The van der Waals surface area contributed by atoms with Crippen LogP contribution in [0.3, 0.4) is 0 Å². The van der Waals surface area contributed by atoms with E-state index in [9.17, 15) is 27.6 Å². The first kappa shape index (κ1) is 45.9. The SMILES string of the molecule is CC[C@H](C)[C@@H]([C@H](CC(=O)N1CCC[C@H]1[C@H](OC)[C@@H](C)C(=O)NS(=O)(=O)Cc1ccc(N)cc1)OC)N(C)C(=O)[C@@H](NC(=O)[C@H](C(C)C)N(C)C)C(C)C. The Morgan fingerprint density at radius 3 is 2.04 bits per heavy atom. The van der Waals surface area contributed by atoms with Gasteiger partial charge in [-0.05, 0) is 62.4 Å². The van der Waals surface area contributed by atoms with Crippen molar-refractivity contribution in [3.63, 3.8) is 0 Å². The monoisotopic (exact) mass is 766 g/mol. The maximum absolute atomic E-state index is 14.2. The Kier molecular flexibility index (Phi) is 17.7. The molecule has 2 rings (SSSR count). The quantitative estimate of drug-likeness (QED) is 0.167. The zero-order valence-electron chi connectivity index (χ0n) is 33.9. The molecule has 0 bridgehead atoms. The van der Waals surface area contributed by atoms with Crippen molar-refractivity contribution >= 4 is 39.3 Å². The fourth-order valence-corrected chi connectivity index (χ4v) is 8.72. The number of nitrogens with two attached hydrogens (primary N) is 1. The number of carbonyl (C=O) groups excluding carboxylic acids is 4. The van der Waals surface area contributed by atoms with E-state index in [-0.39, 0.29) is 41.9 Å². The fraction of sp³-hybridized carbons (Fsp3) is 0.737. The summed E-state index contributed by atoms with van der Waals surface area (Å²) in [5.74, 6) is -2.97. The Bertz CT molecular complexity index is 1460. The lowest BCUT2D eigenvalue weighted by Gasteiger charge is -2.41. The lowest BCUT2D eigenvalue weighted by atomic mass is 9.89. The van der Waals surface area contributed by atoms with Crippen molar-refractivity contribution in [2.45, 2.75) is 116 Å². The molecule has 1 fully saturated rings. The van der Waals surface area contributed by atoms with Crippen LogP contribution in [0.4, 0.5) is 5.69 Å². The Labute approximate surface area is 317 Å².